The van der Waals surface area contributed by atoms with Gasteiger partial charge in [0, 0.05) is 12.5 Å². The summed E-state index contributed by atoms with van der Waals surface area (Å²) in [5, 5.41) is 12.6. The first-order valence-corrected chi connectivity index (χ1v) is 7.83. The summed E-state index contributed by atoms with van der Waals surface area (Å²) in [5.74, 6) is 1.82. The number of nitrogens with zero attached hydrogens (tertiary/aromatic N) is 2. The molecular formula is C18H22N2O2. The fourth-order valence-electron chi connectivity index (χ4n) is 2.28. The summed E-state index contributed by atoms with van der Waals surface area (Å²) in [4.78, 5) is 0. The van der Waals surface area contributed by atoms with Crippen molar-refractivity contribution < 1.29 is 9.26 Å². The molecule has 0 amide bonds. The zero-order valence-corrected chi connectivity index (χ0v) is 13.0. The van der Waals surface area contributed by atoms with Gasteiger partial charge in [0.15, 0.2) is 0 Å². The molecule has 0 bridgehead atoms. The van der Waals surface area contributed by atoms with Crippen LogP contribution < -0.4 is 4.74 Å². The maximum Gasteiger partial charge on any atom is 0.136 e. The molecule has 2 rings (SSSR count). The number of aryl methyl sites for hydroxylation is 2. The normalized spacial score (nSPS) is 10.4. The summed E-state index contributed by atoms with van der Waals surface area (Å²) in [7, 11) is 0. The van der Waals surface area contributed by atoms with Gasteiger partial charge in [-0.05, 0) is 44.0 Å². The second-order valence-electron chi connectivity index (χ2n) is 5.44. The predicted octanol–water partition coefficient (Wildman–Crippen LogP) is 4.43. The van der Waals surface area contributed by atoms with Crippen LogP contribution in [0.1, 0.15) is 49.1 Å². The van der Waals surface area contributed by atoms with Crippen LogP contribution >= 0.6 is 0 Å². The van der Waals surface area contributed by atoms with Gasteiger partial charge < -0.3 is 9.26 Å². The molecule has 0 saturated heterocycles. The van der Waals surface area contributed by atoms with Crippen LogP contribution in [0, 0.1) is 18.3 Å². The summed E-state index contributed by atoms with van der Waals surface area (Å²) >= 11 is 0. The molecule has 1 aromatic carbocycles. The summed E-state index contributed by atoms with van der Waals surface area (Å²) in [6.07, 6.45) is 6.77. The minimum Gasteiger partial charge on any atom is -0.494 e. The lowest BCUT2D eigenvalue weighted by molar-refractivity contribution is 0.304. The van der Waals surface area contributed by atoms with Gasteiger partial charge in [0.1, 0.15) is 11.5 Å². The van der Waals surface area contributed by atoms with Gasteiger partial charge in [-0.15, -0.1) is 0 Å². The number of nitriles is 1. The average Bonchev–Trinajstić information content (AvgIpc) is 2.96. The third-order valence-electron chi connectivity index (χ3n) is 3.50. The van der Waals surface area contributed by atoms with Gasteiger partial charge >= 0.3 is 0 Å². The molecule has 0 aliphatic carbocycles. The highest BCUT2D eigenvalue weighted by atomic mass is 16.5. The molecular weight excluding hydrogens is 276 g/mol. The quantitative estimate of drug-likeness (QED) is 0.643. The van der Waals surface area contributed by atoms with E-state index in [2.05, 4.69) is 11.2 Å². The molecule has 0 aliphatic rings. The fourth-order valence-corrected chi connectivity index (χ4v) is 2.28. The molecule has 0 fully saturated rings. The first-order chi connectivity index (χ1) is 10.8. The van der Waals surface area contributed by atoms with E-state index in [0.717, 1.165) is 43.1 Å². The number of hydrogen-bond donors (Lipinski definition) is 0. The van der Waals surface area contributed by atoms with Gasteiger partial charge in [-0.1, -0.05) is 24.4 Å². The van der Waals surface area contributed by atoms with E-state index < -0.39 is 0 Å². The van der Waals surface area contributed by atoms with Gasteiger partial charge in [-0.3, -0.25) is 0 Å². The molecule has 0 N–H and O–H groups in total. The molecule has 1 aromatic heterocycles. The molecule has 4 nitrogen and oxygen atoms in total. The Morgan fingerprint density at radius 1 is 1.09 bits per heavy atom. The highest BCUT2D eigenvalue weighted by Gasteiger charge is 2.00. The van der Waals surface area contributed by atoms with E-state index in [1.807, 2.05) is 25.1 Å². The van der Waals surface area contributed by atoms with Crippen molar-refractivity contribution in [2.24, 2.45) is 0 Å². The maximum absolute atomic E-state index is 8.72. The lowest BCUT2D eigenvalue weighted by Crippen LogP contribution is -1.97. The lowest BCUT2D eigenvalue weighted by Gasteiger charge is -2.05. The smallest absolute Gasteiger partial charge is 0.136 e. The van der Waals surface area contributed by atoms with Gasteiger partial charge in [-0.25, -0.2) is 0 Å². The molecule has 0 unspecified atom stereocenters. The largest absolute Gasteiger partial charge is 0.494 e. The minimum absolute atomic E-state index is 0.661. The summed E-state index contributed by atoms with van der Waals surface area (Å²) < 4.78 is 10.8. The van der Waals surface area contributed by atoms with Crippen molar-refractivity contribution in [2.45, 2.75) is 45.4 Å². The Kier molecular flexibility index (Phi) is 6.50. The van der Waals surface area contributed by atoms with Crippen LogP contribution in [0.4, 0.5) is 0 Å². The zero-order valence-electron chi connectivity index (χ0n) is 13.0. The second-order valence-corrected chi connectivity index (χ2v) is 5.44. The SMILES string of the molecule is Cc1cc(CCCCCCCOc2ccc(C#N)cc2)on1. The van der Waals surface area contributed by atoms with Crippen molar-refractivity contribution >= 4 is 0 Å². The Balaban J connectivity index is 1.48. The molecule has 4 heteroatoms. The van der Waals surface area contributed by atoms with E-state index >= 15 is 0 Å². The molecule has 0 aliphatic heterocycles. The van der Waals surface area contributed by atoms with E-state index in [1.165, 1.54) is 19.3 Å². The van der Waals surface area contributed by atoms with Crippen molar-refractivity contribution in [1.82, 2.24) is 5.16 Å². The Labute approximate surface area is 131 Å². The standard InChI is InChI=1S/C18H22N2O2/c1-15-13-18(22-20-15)7-5-3-2-4-6-12-21-17-10-8-16(14-19)9-11-17/h8-11,13H,2-7,12H2,1H3. The molecule has 0 radical (unpaired) electrons. The van der Waals surface area contributed by atoms with Crippen LogP contribution in [-0.2, 0) is 6.42 Å². The van der Waals surface area contributed by atoms with E-state index in [-0.39, 0.29) is 0 Å². The number of aromatic nitrogens is 1. The third-order valence-corrected chi connectivity index (χ3v) is 3.50. The van der Waals surface area contributed by atoms with Gasteiger partial charge in [0.25, 0.3) is 0 Å². The van der Waals surface area contributed by atoms with Crippen molar-refractivity contribution in [3.8, 4) is 11.8 Å². The summed E-state index contributed by atoms with van der Waals surface area (Å²) in [6.45, 7) is 2.67. The van der Waals surface area contributed by atoms with Gasteiger partial charge in [-0.2, -0.15) is 5.26 Å². The molecule has 1 heterocycles. The molecule has 2 aromatic rings. The van der Waals surface area contributed by atoms with E-state index in [0.29, 0.717) is 5.56 Å². The Hall–Kier alpha value is -2.28. The first-order valence-electron chi connectivity index (χ1n) is 7.83. The van der Waals surface area contributed by atoms with Crippen LogP contribution in [0.25, 0.3) is 0 Å². The van der Waals surface area contributed by atoms with Crippen LogP contribution in [-0.4, -0.2) is 11.8 Å². The van der Waals surface area contributed by atoms with Crippen LogP contribution in [0.3, 0.4) is 0 Å². The summed E-state index contributed by atoms with van der Waals surface area (Å²) in [5.41, 5.74) is 1.62. The van der Waals surface area contributed by atoms with Crippen molar-refractivity contribution in [2.75, 3.05) is 6.61 Å². The molecule has 22 heavy (non-hydrogen) atoms. The lowest BCUT2D eigenvalue weighted by atomic mass is 10.1. The highest BCUT2D eigenvalue weighted by Crippen LogP contribution is 2.13. The maximum atomic E-state index is 8.72. The van der Waals surface area contributed by atoms with E-state index in [1.54, 1.807) is 12.1 Å². The van der Waals surface area contributed by atoms with E-state index in [4.69, 9.17) is 14.5 Å². The Morgan fingerprint density at radius 2 is 1.82 bits per heavy atom. The summed E-state index contributed by atoms with van der Waals surface area (Å²) in [6, 6.07) is 11.3. The number of hydrogen-bond acceptors (Lipinski definition) is 4. The Morgan fingerprint density at radius 3 is 2.50 bits per heavy atom. The topological polar surface area (TPSA) is 59.0 Å². The average molecular weight is 298 g/mol. The second kappa shape index (κ2) is 8.89. The van der Waals surface area contributed by atoms with Crippen LogP contribution in [0.15, 0.2) is 34.9 Å². The van der Waals surface area contributed by atoms with Crippen molar-refractivity contribution in [1.29, 1.82) is 5.26 Å². The van der Waals surface area contributed by atoms with Crippen LogP contribution in [0.5, 0.6) is 5.75 Å². The van der Waals surface area contributed by atoms with E-state index in [9.17, 15) is 0 Å². The van der Waals surface area contributed by atoms with Crippen LogP contribution in [0.2, 0.25) is 0 Å². The monoisotopic (exact) mass is 298 g/mol. The van der Waals surface area contributed by atoms with Gasteiger partial charge in [0.2, 0.25) is 0 Å². The number of ether oxygens (including phenoxy) is 1. The highest BCUT2D eigenvalue weighted by molar-refractivity contribution is 5.34. The first kappa shape index (κ1) is 16.1. The fraction of sp³-hybridized carbons (Fsp3) is 0.444. The Bertz CT molecular complexity index is 596. The molecule has 0 atom stereocenters. The molecule has 116 valence electrons. The molecule has 0 spiro atoms. The van der Waals surface area contributed by atoms with Gasteiger partial charge in [0.05, 0.1) is 23.9 Å². The minimum atomic E-state index is 0.661. The number of unbranched alkanes of at least 4 members (excludes halogenated alkanes) is 4. The predicted molar refractivity (Wildman–Crippen MR) is 84.7 cm³/mol. The zero-order chi connectivity index (χ0) is 15.6. The number of benzene rings is 1. The van der Waals surface area contributed by atoms with Crippen molar-refractivity contribution in [3.05, 3.63) is 47.3 Å². The van der Waals surface area contributed by atoms with Crippen molar-refractivity contribution in [3.63, 3.8) is 0 Å². The molecule has 0 saturated carbocycles. The number of rotatable bonds is 9. The third kappa shape index (κ3) is 5.61.